The van der Waals surface area contributed by atoms with E-state index in [2.05, 4.69) is 6.92 Å². The van der Waals surface area contributed by atoms with Gasteiger partial charge in [0.25, 0.3) is 0 Å². The molecule has 1 aliphatic carbocycles. The number of hydrogen-bond acceptors (Lipinski definition) is 2. The predicted octanol–water partition coefficient (Wildman–Crippen LogP) is 1.31. The Morgan fingerprint density at radius 3 is 2.43 bits per heavy atom. The van der Waals surface area contributed by atoms with Crippen molar-refractivity contribution in [1.29, 1.82) is 0 Å². The van der Waals surface area contributed by atoms with Gasteiger partial charge in [0.15, 0.2) is 0 Å². The second-order valence-electron chi connectivity index (χ2n) is 4.12. The van der Waals surface area contributed by atoms with Crippen molar-refractivity contribution in [3.8, 4) is 0 Å². The Hall–Kier alpha value is -0.640. The average molecular weight is 214 g/mol. The van der Waals surface area contributed by atoms with Gasteiger partial charge in [-0.2, -0.15) is 0 Å². The summed E-state index contributed by atoms with van der Waals surface area (Å²) in [6.07, 6.45) is 2.60. The fourth-order valence-electron chi connectivity index (χ4n) is 1.50. The van der Waals surface area contributed by atoms with Gasteiger partial charge in [-0.05, 0) is 26.2 Å². The third kappa shape index (κ3) is 1.75. The second kappa shape index (κ2) is 3.85. The van der Waals surface area contributed by atoms with Gasteiger partial charge < -0.3 is 10.6 Å². The summed E-state index contributed by atoms with van der Waals surface area (Å²) < 4.78 is 0. The maximum absolute atomic E-state index is 12.0. The quantitative estimate of drug-likeness (QED) is 0.718. The van der Waals surface area contributed by atoms with Gasteiger partial charge in [-0.3, -0.25) is 4.79 Å². The van der Waals surface area contributed by atoms with E-state index in [4.69, 9.17) is 18.0 Å². The number of hydrogen-bond donors (Lipinski definition) is 1. The molecule has 0 radical (unpaired) electrons. The second-order valence-corrected chi connectivity index (χ2v) is 4.56. The topological polar surface area (TPSA) is 46.3 Å². The fraction of sp³-hybridized carbons (Fsp3) is 0.800. The lowest BCUT2D eigenvalue weighted by molar-refractivity contribution is -0.135. The zero-order valence-corrected chi connectivity index (χ0v) is 9.86. The van der Waals surface area contributed by atoms with E-state index in [1.807, 2.05) is 14.0 Å². The summed E-state index contributed by atoms with van der Waals surface area (Å²) in [6, 6.07) is 0.259. The molecule has 0 saturated heterocycles. The molecule has 0 heterocycles. The van der Waals surface area contributed by atoms with E-state index in [0.717, 1.165) is 19.3 Å². The number of carbonyl (C=O) groups is 1. The summed E-state index contributed by atoms with van der Waals surface area (Å²) in [5.41, 5.74) is 5.10. The maximum atomic E-state index is 12.0. The van der Waals surface area contributed by atoms with Gasteiger partial charge >= 0.3 is 0 Å². The Labute approximate surface area is 90.6 Å². The maximum Gasteiger partial charge on any atom is 0.235 e. The van der Waals surface area contributed by atoms with Gasteiger partial charge in [-0.1, -0.05) is 19.1 Å². The van der Waals surface area contributed by atoms with Gasteiger partial charge in [0.1, 0.15) is 0 Å². The molecule has 4 heteroatoms. The zero-order chi connectivity index (χ0) is 10.9. The van der Waals surface area contributed by atoms with Crippen molar-refractivity contribution < 1.29 is 4.79 Å². The largest absolute Gasteiger partial charge is 0.392 e. The Morgan fingerprint density at radius 1 is 1.64 bits per heavy atom. The zero-order valence-electron chi connectivity index (χ0n) is 9.04. The Kier molecular flexibility index (Phi) is 3.14. The smallest absolute Gasteiger partial charge is 0.235 e. The molecule has 1 rings (SSSR count). The first-order valence-corrected chi connectivity index (χ1v) is 5.43. The van der Waals surface area contributed by atoms with E-state index in [1.165, 1.54) is 0 Å². The molecular formula is C10H18N2OS. The van der Waals surface area contributed by atoms with Crippen LogP contribution < -0.4 is 5.73 Å². The molecule has 80 valence electrons. The minimum absolute atomic E-state index is 0.0966. The molecule has 0 aromatic carbocycles. The van der Waals surface area contributed by atoms with Crippen molar-refractivity contribution in [3.05, 3.63) is 0 Å². The molecule has 0 aliphatic heterocycles. The van der Waals surface area contributed by atoms with Crippen molar-refractivity contribution in [2.24, 2.45) is 11.1 Å². The van der Waals surface area contributed by atoms with Gasteiger partial charge in [-0.15, -0.1) is 0 Å². The molecule has 1 unspecified atom stereocenters. The summed E-state index contributed by atoms with van der Waals surface area (Å²) in [4.78, 5) is 14.2. The molecule has 1 atom stereocenters. The van der Waals surface area contributed by atoms with E-state index in [1.54, 1.807) is 4.90 Å². The Balaban J connectivity index is 2.71. The summed E-state index contributed by atoms with van der Waals surface area (Å²) in [5, 5.41) is 0. The molecule has 1 saturated carbocycles. The van der Waals surface area contributed by atoms with Crippen LogP contribution in [0.15, 0.2) is 0 Å². The Bertz CT molecular complexity index is 261. The predicted molar refractivity (Wildman–Crippen MR) is 61.0 cm³/mol. The molecule has 0 aromatic rings. The van der Waals surface area contributed by atoms with Gasteiger partial charge in [0, 0.05) is 13.1 Å². The minimum atomic E-state index is -0.493. The van der Waals surface area contributed by atoms with Crippen LogP contribution in [0.1, 0.15) is 33.1 Å². The lowest BCUT2D eigenvalue weighted by atomic mass is 10.0. The van der Waals surface area contributed by atoms with Crippen molar-refractivity contribution in [3.63, 3.8) is 0 Å². The molecule has 14 heavy (non-hydrogen) atoms. The van der Waals surface area contributed by atoms with E-state index >= 15 is 0 Å². The van der Waals surface area contributed by atoms with Gasteiger partial charge in [0.2, 0.25) is 5.91 Å². The molecule has 0 bridgehead atoms. The van der Waals surface area contributed by atoms with Crippen molar-refractivity contribution in [2.45, 2.75) is 39.2 Å². The third-order valence-electron chi connectivity index (χ3n) is 3.20. The average Bonchev–Trinajstić information content (AvgIpc) is 2.95. The minimum Gasteiger partial charge on any atom is -0.392 e. The monoisotopic (exact) mass is 214 g/mol. The van der Waals surface area contributed by atoms with E-state index < -0.39 is 5.41 Å². The summed E-state index contributed by atoms with van der Waals surface area (Å²) in [6.45, 7) is 4.10. The van der Waals surface area contributed by atoms with Gasteiger partial charge in [0.05, 0.1) is 10.4 Å². The first kappa shape index (κ1) is 11.4. The molecular weight excluding hydrogens is 196 g/mol. The summed E-state index contributed by atoms with van der Waals surface area (Å²) in [5.74, 6) is 0.0966. The van der Waals surface area contributed by atoms with Crippen molar-refractivity contribution in [1.82, 2.24) is 4.90 Å². The van der Waals surface area contributed by atoms with Crippen LogP contribution in [0.25, 0.3) is 0 Å². The molecule has 3 nitrogen and oxygen atoms in total. The van der Waals surface area contributed by atoms with E-state index in [-0.39, 0.29) is 11.9 Å². The van der Waals surface area contributed by atoms with E-state index in [0.29, 0.717) is 4.99 Å². The van der Waals surface area contributed by atoms with Crippen LogP contribution in [0, 0.1) is 5.41 Å². The molecule has 1 amide bonds. The highest BCUT2D eigenvalue weighted by molar-refractivity contribution is 7.80. The van der Waals surface area contributed by atoms with Crippen LogP contribution >= 0.6 is 12.2 Å². The first-order chi connectivity index (χ1) is 6.45. The first-order valence-electron chi connectivity index (χ1n) is 5.03. The number of rotatable bonds is 4. The number of amides is 1. The highest BCUT2D eigenvalue weighted by Gasteiger charge is 2.54. The molecule has 1 fully saturated rings. The normalized spacial score (nSPS) is 19.9. The molecule has 1 aliphatic rings. The van der Waals surface area contributed by atoms with Crippen LogP contribution in [0.4, 0.5) is 0 Å². The number of thiocarbonyl (C=S) groups is 1. The van der Waals surface area contributed by atoms with Crippen LogP contribution in [-0.4, -0.2) is 28.9 Å². The highest BCUT2D eigenvalue weighted by Crippen LogP contribution is 2.47. The van der Waals surface area contributed by atoms with E-state index in [9.17, 15) is 4.79 Å². The standard InChI is InChI=1S/C10H18N2OS/c1-4-7(2)12(3)9(13)10(5-6-10)8(11)14/h7H,4-6H2,1-3H3,(H2,11,14). The molecule has 0 spiro atoms. The number of carbonyl (C=O) groups excluding carboxylic acids is 1. The van der Waals surface area contributed by atoms with Crippen LogP contribution in [0.2, 0.25) is 0 Å². The lowest BCUT2D eigenvalue weighted by Crippen LogP contribution is -2.44. The number of nitrogens with zero attached hydrogens (tertiary/aromatic N) is 1. The summed E-state index contributed by atoms with van der Waals surface area (Å²) >= 11 is 4.94. The van der Waals surface area contributed by atoms with Crippen LogP contribution in [0.3, 0.4) is 0 Å². The fourth-order valence-corrected chi connectivity index (χ4v) is 1.79. The summed E-state index contributed by atoms with van der Waals surface area (Å²) in [7, 11) is 1.83. The SMILES string of the molecule is CCC(C)N(C)C(=O)C1(C(N)=S)CC1. The van der Waals surface area contributed by atoms with Gasteiger partial charge in [-0.25, -0.2) is 0 Å². The van der Waals surface area contributed by atoms with Crippen LogP contribution in [-0.2, 0) is 4.79 Å². The third-order valence-corrected chi connectivity index (χ3v) is 3.59. The molecule has 0 aromatic heterocycles. The van der Waals surface area contributed by atoms with Crippen LogP contribution in [0.5, 0.6) is 0 Å². The number of nitrogens with two attached hydrogens (primary N) is 1. The highest BCUT2D eigenvalue weighted by atomic mass is 32.1. The van der Waals surface area contributed by atoms with Crippen molar-refractivity contribution in [2.75, 3.05) is 7.05 Å². The Morgan fingerprint density at radius 2 is 2.14 bits per heavy atom. The molecule has 2 N–H and O–H groups in total. The lowest BCUT2D eigenvalue weighted by Gasteiger charge is -2.27. The van der Waals surface area contributed by atoms with Crippen molar-refractivity contribution >= 4 is 23.1 Å².